The van der Waals surface area contributed by atoms with E-state index in [1.54, 1.807) is 0 Å². The molecule has 1 atom stereocenters. The van der Waals surface area contributed by atoms with Crippen LogP contribution in [-0.4, -0.2) is 32.5 Å². The van der Waals surface area contributed by atoms with E-state index in [-0.39, 0.29) is 6.10 Å². The van der Waals surface area contributed by atoms with Gasteiger partial charge in [-0.05, 0) is 24.3 Å². The fourth-order valence-electron chi connectivity index (χ4n) is 1.49. The predicted molar refractivity (Wildman–Crippen MR) is 59.9 cm³/mol. The van der Waals surface area contributed by atoms with Crippen molar-refractivity contribution in [3.8, 4) is 0 Å². The number of rotatable bonds is 3. The van der Waals surface area contributed by atoms with Crippen LogP contribution in [0.1, 0.15) is 0 Å². The molecule has 1 aromatic carbocycles. The van der Waals surface area contributed by atoms with Gasteiger partial charge in [-0.1, -0.05) is 0 Å². The Hall–Kier alpha value is -1.26. The van der Waals surface area contributed by atoms with Gasteiger partial charge in [0.15, 0.2) is 0 Å². The summed E-state index contributed by atoms with van der Waals surface area (Å²) in [5.74, 6) is 0. The maximum atomic E-state index is 5.59. The molecule has 0 aromatic heterocycles. The Morgan fingerprint density at radius 2 is 2.07 bits per heavy atom. The van der Waals surface area contributed by atoms with Crippen LogP contribution >= 0.6 is 0 Å². The van der Waals surface area contributed by atoms with Crippen molar-refractivity contribution in [1.29, 1.82) is 0 Å². The molecule has 3 N–H and O–H groups in total. The summed E-state index contributed by atoms with van der Waals surface area (Å²) in [6.07, 6.45) is 0.149. The average Bonchev–Trinajstić information content (AvgIpc) is 2.30. The summed E-state index contributed by atoms with van der Waals surface area (Å²) >= 11 is 0. The maximum absolute atomic E-state index is 5.59. The Bertz CT molecular complexity index is 294. The Morgan fingerprint density at radius 1 is 1.27 bits per heavy atom. The normalized spacial score (nSPS) is 21.2. The first-order valence-electron chi connectivity index (χ1n) is 5.13. The standard InChI is InChI=1S/C11H16N2O2/c12-9-1-3-10(4-2-9)13-7-11-8-14-5-6-15-11/h1-4,11,13H,5-8,12H2. The molecule has 0 amide bonds. The van der Waals surface area contributed by atoms with Crippen molar-refractivity contribution < 1.29 is 9.47 Å². The molecule has 82 valence electrons. The highest BCUT2D eigenvalue weighted by molar-refractivity contribution is 5.51. The zero-order valence-corrected chi connectivity index (χ0v) is 8.61. The fraction of sp³-hybridized carbons (Fsp3) is 0.455. The predicted octanol–water partition coefficient (Wildman–Crippen LogP) is 1.10. The molecule has 0 radical (unpaired) electrons. The Morgan fingerprint density at radius 3 is 2.73 bits per heavy atom. The van der Waals surface area contributed by atoms with Gasteiger partial charge in [-0.25, -0.2) is 0 Å². The molecule has 0 saturated carbocycles. The molecule has 4 heteroatoms. The lowest BCUT2D eigenvalue weighted by Gasteiger charge is -2.23. The van der Waals surface area contributed by atoms with Crippen LogP contribution in [-0.2, 0) is 9.47 Å². The summed E-state index contributed by atoms with van der Waals surface area (Å²) in [6.45, 7) is 2.83. The molecule has 0 bridgehead atoms. The SMILES string of the molecule is Nc1ccc(NCC2COCCO2)cc1. The third-order valence-corrected chi connectivity index (χ3v) is 2.33. The Balaban J connectivity index is 1.79. The van der Waals surface area contributed by atoms with Gasteiger partial charge in [0.25, 0.3) is 0 Å². The molecule has 1 unspecified atom stereocenters. The van der Waals surface area contributed by atoms with Gasteiger partial charge in [-0.3, -0.25) is 0 Å². The van der Waals surface area contributed by atoms with E-state index >= 15 is 0 Å². The van der Waals surface area contributed by atoms with Crippen molar-refractivity contribution in [1.82, 2.24) is 0 Å². The van der Waals surface area contributed by atoms with Crippen molar-refractivity contribution in [2.24, 2.45) is 0 Å². The molecule has 1 saturated heterocycles. The first-order valence-corrected chi connectivity index (χ1v) is 5.13. The lowest BCUT2D eigenvalue weighted by atomic mass is 10.2. The molecule has 1 aromatic rings. The Labute approximate surface area is 89.4 Å². The summed E-state index contributed by atoms with van der Waals surface area (Å²) in [5, 5.41) is 3.28. The fourth-order valence-corrected chi connectivity index (χ4v) is 1.49. The second kappa shape index (κ2) is 5.00. The molecule has 1 aliphatic rings. The van der Waals surface area contributed by atoms with Gasteiger partial charge in [0, 0.05) is 17.9 Å². The van der Waals surface area contributed by atoms with Crippen LogP contribution in [0.3, 0.4) is 0 Å². The van der Waals surface area contributed by atoms with Gasteiger partial charge in [-0.15, -0.1) is 0 Å². The molecule has 1 aliphatic heterocycles. The topological polar surface area (TPSA) is 56.5 Å². The van der Waals surface area contributed by atoms with E-state index in [0.29, 0.717) is 19.8 Å². The quantitative estimate of drug-likeness (QED) is 0.730. The number of benzene rings is 1. The van der Waals surface area contributed by atoms with Crippen LogP contribution in [0, 0.1) is 0 Å². The molecule has 0 spiro atoms. The van der Waals surface area contributed by atoms with Crippen LogP contribution < -0.4 is 11.1 Å². The van der Waals surface area contributed by atoms with E-state index in [1.807, 2.05) is 24.3 Å². The van der Waals surface area contributed by atoms with E-state index in [2.05, 4.69) is 5.32 Å². The highest BCUT2D eigenvalue weighted by Gasteiger charge is 2.13. The second-order valence-corrected chi connectivity index (χ2v) is 3.57. The van der Waals surface area contributed by atoms with Gasteiger partial charge < -0.3 is 20.5 Å². The van der Waals surface area contributed by atoms with Crippen molar-refractivity contribution in [2.75, 3.05) is 37.4 Å². The summed E-state index contributed by atoms with van der Waals surface area (Å²) in [6, 6.07) is 7.67. The third-order valence-electron chi connectivity index (χ3n) is 2.33. The van der Waals surface area contributed by atoms with Crippen LogP contribution in [0.5, 0.6) is 0 Å². The van der Waals surface area contributed by atoms with Crippen LogP contribution in [0.2, 0.25) is 0 Å². The van der Waals surface area contributed by atoms with Gasteiger partial charge in [0.1, 0.15) is 0 Å². The second-order valence-electron chi connectivity index (χ2n) is 3.57. The van der Waals surface area contributed by atoms with Crippen LogP contribution in [0.25, 0.3) is 0 Å². The van der Waals surface area contributed by atoms with Gasteiger partial charge in [-0.2, -0.15) is 0 Å². The molecule has 4 nitrogen and oxygen atoms in total. The van der Waals surface area contributed by atoms with Crippen LogP contribution in [0.15, 0.2) is 24.3 Å². The lowest BCUT2D eigenvalue weighted by molar-refractivity contribution is -0.0818. The van der Waals surface area contributed by atoms with E-state index in [9.17, 15) is 0 Å². The number of nitrogen functional groups attached to an aromatic ring is 1. The summed E-state index contributed by atoms with van der Waals surface area (Å²) in [7, 11) is 0. The van der Waals surface area contributed by atoms with Gasteiger partial charge in [0.2, 0.25) is 0 Å². The largest absolute Gasteiger partial charge is 0.399 e. The maximum Gasteiger partial charge on any atom is 0.0981 e. The molecular weight excluding hydrogens is 192 g/mol. The minimum atomic E-state index is 0.149. The van der Waals surface area contributed by atoms with Crippen molar-refractivity contribution in [3.05, 3.63) is 24.3 Å². The number of hydrogen-bond donors (Lipinski definition) is 2. The zero-order valence-electron chi connectivity index (χ0n) is 8.61. The van der Waals surface area contributed by atoms with Crippen molar-refractivity contribution in [3.63, 3.8) is 0 Å². The third kappa shape index (κ3) is 3.11. The number of nitrogens with two attached hydrogens (primary N) is 1. The van der Waals surface area contributed by atoms with Crippen molar-refractivity contribution in [2.45, 2.75) is 6.10 Å². The number of nitrogens with one attached hydrogen (secondary N) is 1. The highest BCUT2D eigenvalue weighted by atomic mass is 16.6. The molecule has 15 heavy (non-hydrogen) atoms. The first kappa shape index (κ1) is 10.3. The summed E-state index contributed by atoms with van der Waals surface area (Å²) in [4.78, 5) is 0. The van der Waals surface area contributed by atoms with Gasteiger partial charge >= 0.3 is 0 Å². The van der Waals surface area contributed by atoms with Crippen LogP contribution in [0.4, 0.5) is 11.4 Å². The summed E-state index contributed by atoms with van der Waals surface area (Å²) < 4.78 is 10.8. The minimum Gasteiger partial charge on any atom is -0.399 e. The van der Waals surface area contributed by atoms with E-state index in [4.69, 9.17) is 15.2 Å². The zero-order chi connectivity index (χ0) is 10.5. The number of anilines is 2. The number of ether oxygens (including phenoxy) is 2. The van der Waals surface area contributed by atoms with Gasteiger partial charge in [0.05, 0.1) is 25.9 Å². The smallest absolute Gasteiger partial charge is 0.0981 e. The van der Waals surface area contributed by atoms with E-state index in [1.165, 1.54) is 0 Å². The average molecular weight is 208 g/mol. The molecular formula is C11H16N2O2. The molecule has 1 heterocycles. The molecule has 2 rings (SSSR count). The summed E-state index contributed by atoms with van der Waals surface area (Å²) in [5.41, 5.74) is 7.42. The lowest BCUT2D eigenvalue weighted by Crippen LogP contribution is -2.34. The highest BCUT2D eigenvalue weighted by Crippen LogP contribution is 2.11. The minimum absolute atomic E-state index is 0.149. The molecule has 1 fully saturated rings. The monoisotopic (exact) mass is 208 g/mol. The van der Waals surface area contributed by atoms with Crippen molar-refractivity contribution >= 4 is 11.4 Å². The molecule has 0 aliphatic carbocycles. The number of hydrogen-bond acceptors (Lipinski definition) is 4. The van der Waals surface area contributed by atoms with E-state index in [0.717, 1.165) is 17.9 Å². The van der Waals surface area contributed by atoms with E-state index < -0.39 is 0 Å². The Kier molecular flexibility index (Phi) is 3.42. The first-order chi connectivity index (χ1) is 7.34.